The number of carbonyl (C=O) groups is 2. The summed E-state index contributed by atoms with van der Waals surface area (Å²) in [6.45, 7) is 0.555. The molecule has 3 aromatic rings. The first-order valence-corrected chi connectivity index (χ1v) is 8.66. The van der Waals surface area contributed by atoms with Crippen LogP contribution in [0.3, 0.4) is 0 Å². The largest absolute Gasteiger partial charge is 0.456 e. The van der Waals surface area contributed by atoms with Crippen molar-refractivity contribution in [1.82, 2.24) is 10.3 Å². The summed E-state index contributed by atoms with van der Waals surface area (Å²) in [5.41, 5.74) is 3.59. The number of methoxy groups -OCH3 is 1. The Hall–Kier alpha value is -2.90. The summed E-state index contributed by atoms with van der Waals surface area (Å²) < 4.78 is 11.1. The predicted molar refractivity (Wildman–Crippen MR) is 99.3 cm³/mol. The molecule has 0 bridgehead atoms. The van der Waals surface area contributed by atoms with Gasteiger partial charge in [-0.1, -0.05) is 24.3 Å². The molecule has 0 saturated carbocycles. The first-order valence-electron chi connectivity index (χ1n) is 7.85. The van der Waals surface area contributed by atoms with Crippen molar-refractivity contribution in [2.75, 3.05) is 7.11 Å². The molecular weight excluding hydrogens is 352 g/mol. The summed E-state index contributed by atoms with van der Waals surface area (Å²) in [5.74, 6) is 0.0881. The van der Waals surface area contributed by atoms with E-state index in [1.54, 1.807) is 31.6 Å². The molecule has 1 aromatic carbocycles. The standard InChI is InChI=1S/C19H14N2O4S/c1-24-10-11-2-4-12(5-3-11)15-9-20-8-13-6-14(25-17(13)15)7-16-18(22)21-19(23)26-16/h2-9H,10H2,1H3,(H,21,22,23)/b16-7+. The molecule has 2 aromatic heterocycles. The Morgan fingerprint density at radius 2 is 2.04 bits per heavy atom. The Morgan fingerprint density at radius 3 is 2.73 bits per heavy atom. The van der Waals surface area contributed by atoms with Crippen molar-refractivity contribution in [2.45, 2.75) is 6.61 Å². The number of hydrogen-bond donors (Lipinski definition) is 1. The average Bonchev–Trinajstić information content (AvgIpc) is 3.18. The molecule has 1 N–H and O–H groups in total. The van der Waals surface area contributed by atoms with Gasteiger partial charge in [-0.05, 0) is 29.0 Å². The fraction of sp³-hybridized carbons (Fsp3) is 0.105. The summed E-state index contributed by atoms with van der Waals surface area (Å²) >= 11 is 0.859. The highest BCUT2D eigenvalue weighted by Crippen LogP contribution is 2.32. The summed E-state index contributed by atoms with van der Waals surface area (Å²) in [5, 5.41) is 2.67. The van der Waals surface area contributed by atoms with E-state index >= 15 is 0 Å². The third-order valence-electron chi connectivity index (χ3n) is 3.93. The third-order valence-corrected chi connectivity index (χ3v) is 4.74. The second-order valence-electron chi connectivity index (χ2n) is 5.74. The molecule has 0 unspecified atom stereocenters. The molecule has 2 amide bonds. The van der Waals surface area contributed by atoms with Gasteiger partial charge < -0.3 is 9.15 Å². The molecule has 1 fully saturated rings. The zero-order chi connectivity index (χ0) is 18.1. The number of nitrogens with one attached hydrogen (secondary N) is 1. The Morgan fingerprint density at radius 1 is 1.23 bits per heavy atom. The van der Waals surface area contributed by atoms with Gasteiger partial charge in [0.1, 0.15) is 11.3 Å². The topological polar surface area (TPSA) is 81.4 Å². The van der Waals surface area contributed by atoms with Crippen molar-refractivity contribution < 1.29 is 18.7 Å². The van der Waals surface area contributed by atoms with E-state index in [0.29, 0.717) is 22.9 Å². The maximum absolute atomic E-state index is 11.7. The van der Waals surface area contributed by atoms with Crippen LogP contribution in [0.4, 0.5) is 4.79 Å². The SMILES string of the molecule is COCc1ccc(-c2cncc3cc(/C=C4/SC(=O)NC4=O)oc23)cc1. The lowest BCUT2D eigenvalue weighted by Gasteiger charge is -2.04. The van der Waals surface area contributed by atoms with Gasteiger partial charge in [0.05, 0.1) is 11.5 Å². The summed E-state index contributed by atoms with van der Waals surface area (Å²) in [6, 6.07) is 9.77. The fourth-order valence-electron chi connectivity index (χ4n) is 2.76. The second-order valence-corrected chi connectivity index (χ2v) is 6.75. The molecule has 3 heterocycles. The van der Waals surface area contributed by atoms with Crippen LogP contribution in [0.2, 0.25) is 0 Å². The predicted octanol–water partition coefficient (Wildman–Crippen LogP) is 3.97. The normalized spacial score (nSPS) is 15.8. The number of aromatic nitrogens is 1. The molecule has 1 saturated heterocycles. The van der Waals surface area contributed by atoms with Gasteiger partial charge in [-0.3, -0.25) is 19.9 Å². The highest BCUT2D eigenvalue weighted by atomic mass is 32.2. The van der Waals surface area contributed by atoms with Gasteiger partial charge >= 0.3 is 0 Å². The van der Waals surface area contributed by atoms with Crippen LogP contribution in [-0.4, -0.2) is 23.2 Å². The van der Waals surface area contributed by atoms with E-state index in [1.807, 2.05) is 24.3 Å². The Balaban J connectivity index is 1.73. The van der Waals surface area contributed by atoms with E-state index < -0.39 is 5.91 Å². The molecule has 130 valence electrons. The number of ether oxygens (including phenoxy) is 1. The monoisotopic (exact) mass is 366 g/mol. The first kappa shape index (κ1) is 16.6. The van der Waals surface area contributed by atoms with Crippen LogP contribution in [0.1, 0.15) is 11.3 Å². The van der Waals surface area contributed by atoms with Crippen LogP contribution in [0.25, 0.3) is 28.2 Å². The van der Waals surface area contributed by atoms with Crippen molar-refractivity contribution in [1.29, 1.82) is 0 Å². The smallest absolute Gasteiger partial charge is 0.290 e. The molecule has 1 aliphatic rings. The molecule has 4 rings (SSSR count). The summed E-state index contributed by atoms with van der Waals surface area (Å²) in [7, 11) is 1.66. The van der Waals surface area contributed by atoms with Gasteiger partial charge in [0.2, 0.25) is 0 Å². The summed E-state index contributed by atoms with van der Waals surface area (Å²) in [6.07, 6.45) is 5.02. The minimum atomic E-state index is -0.410. The highest BCUT2D eigenvalue weighted by Gasteiger charge is 2.25. The lowest BCUT2D eigenvalue weighted by Crippen LogP contribution is -2.17. The Bertz CT molecular complexity index is 1040. The minimum absolute atomic E-state index is 0.312. The van der Waals surface area contributed by atoms with Crippen LogP contribution in [0, 0.1) is 0 Å². The van der Waals surface area contributed by atoms with Crippen LogP contribution >= 0.6 is 11.8 Å². The molecule has 0 spiro atoms. The number of amides is 2. The number of thioether (sulfide) groups is 1. The van der Waals surface area contributed by atoms with Gasteiger partial charge in [-0.15, -0.1) is 0 Å². The van der Waals surface area contributed by atoms with Crippen molar-refractivity contribution in [2.24, 2.45) is 0 Å². The molecule has 7 heteroatoms. The number of benzene rings is 1. The van der Waals surface area contributed by atoms with E-state index in [-0.39, 0.29) is 5.24 Å². The van der Waals surface area contributed by atoms with Crippen LogP contribution in [0.15, 0.2) is 52.0 Å². The molecule has 1 aliphatic heterocycles. The zero-order valence-electron chi connectivity index (χ0n) is 13.8. The van der Waals surface area contributed by atoms with Crippen molar-refractivity contribution in [3.8, 4) is 11.1 Å². The lowest BCUT2D eigenvalue weighted by molar-refractivity contribution is -0.115. The first-order chi connectivity index (χ1) is 12.6. The lowest BCUT2D eigenvalue weighted by atomic mass is 10.0. The van der Waals surface area contributed by atoms with Crippen molar-refractivity contribution >= 4 is 40.0 Å². The summed E-state index contributed by atoms with van der Waals surface area (Å²) in [4.78, 5) is 27.6. The average molecular weight is 366 g/mol. The van der Waals surface area contributed by atoms with E-state index in [9.17, 15) is 9.59 Å². The van der Waals surface area contributed by atoms with E-state index in [1.165, 1.54) is 0 Å². The number of furan rings is 1. The van der Waals surface area contributed by atoms with Crippen LogP contribution in [-0.2, 0) is 16.1 Å². The highest BCUT2D eigenvalue weighted by molar-refractivity contribution is 8.18. The van der Waals surface area contributed by atoms with Gasteiger partial charge in [-0.25, -0.2) is 0 Å². The molecular formula is C19H14N2O4S. The molecule has 6 nitrogen and oxygen atoms in total. The van der Waals surface area contributed by atoms with E-state index in [0.717, 1.165) is 33.8 Å². The third kappa shape index (κ3) is 3.14. The number of imide groups is 1. The van der Waals surface area contributed by atoms with Crippen molar-refractivity contribution in [3.05, 3.63) is 59.0 Å². The van der Waals surface area contributed by atoms with Crippen molar-refractivity contribution in [3.63, 3.8) is 0 Å². The molecule has 0 radical (unpaired) electrons. The Labute approximate surface area is 153 Å². The number of carbonyl (C=O) groups excluding carboxylic acids is 2. The second kappa shape index (κ2) is 6.78. The van der Waals surface area contributed by atoms with E-state index in [4.69, 9.17) is 9.15 Å². The van der Waals surface area contributed by atoms with Gasteiger partial charge in [0.25, 0.3) is 11.1 Å². The number of fused-ring (bicyclic) bond motifs is 1. The fourth-order valence-corrected chi connectivity index (χ4v) is 3.42. The number of pyridine rings is 1. The molecule has 26 heavy (non-hydrogen) atoms. The van der Waals surface area contributed by atoms with Gasteiger partial charge in [-0.2, -0.15) is 0 Å². The van der Waals surface area contributed by atoms with Crippen LogP contribution in [0.5, 0.6) is 0 Å². The molecule has 0 aliphatic carbocycles. The number of rotatable bonds is 4. The minimum Gasteiger partial charge on any atom is -0.456 e. The number of nitrogens with zero attached hydrogens (tertiary/aromatic N) is 1. The van der Waals surface area contributed by atoms with Crippen LogP contribution < -0.4 is 5.32 Å². The van der Waals surface area contributed by atoms with Gasteiger partial charge in [0, 0.05) is 36.5 Å². The quantitative estimate of drug-likeness (QED) is 0.704. The molecule has 0 atom stereocenters. The number of hydrogen-bond acceptors (Lipinski definition) is 6. The Kier molecular flexibility index (Phi) is 4.32. The maximum atomic E-state index is 11.7. The zero-order valence-corrected chi connectivity index (χ0v) is 14.6. The maximum Gasteiger partial charge on any atom is 0.290 e. The van der Waals surface area contributed by atoms with Gasteiger partial charge in [0.15, 0.2) is 0 Å². The van der Waals surface area contributed by atoms with E-state index in [2.05, 4.69) is 10.3 Å².